The Bertz CT molecular complexity index is 497. The van der Waals surface area contributed by atoms with Crippen LogP contribution in [0.25, 0.3) is 0 Å². The Morgan fingerprint density at radius 3 is 2.70 bits per heavy atom. The van der Waals surface area contributed by atoms with Crippen LogP contribution in [0, 0.1) is 16.0 Å². The van der Waals surface area contributed by atoms with Crippen molar-refractivity contribution in [2.45, 2.75) is 26.2 Å². The minimum absolute atomic E-state index is 0.0368. The van der Waals surface area contributed by atoms with E-state index in [0.29, 0.717) is 17.4 Å². The van der Waals surface area contributed by atoms with Crippen LogP contribution in [0.2, 0.25) is 0 Å². The zero-order chi connectivity index (χ0) is 14.9. The van der Waals surface area contributed by atoms with Crippen molar-refractivity contribution in [3.05, 3.63) is 15.8 Å². The molecule has 1 aliphatic heterocycles. The van der Waals surface area contributed by atoms with E-state index in [1.807, 2.05) is 13.8 Å². The fourth-order valence-corrected chi connectivity index (χ4v) is 2.73. The van der Waals surface area contributed by atoms with Crippen molar-refractivity contribution in [1.29, 1.82) is 0 Å². The quantitative estimate of drug-likeness (QED) is 0.658. The number of anilines is 1. The highest BCUT2D eigenvalue weighted by atomic mass is 16.6. The number of nitrogens with zero attached hydrogens (tertiary/aromatic N) is 4. The van der Waals surface area contributed by atoms with Crippen LogP contribution in [0.15, 0.2) is 0 Å². The molecule has 1 aromatic rings. The summed E-state index contributed by atoms with van der Waals surface area (Å²) in [4.78, 5) is 13.3. The SMILES string of the molecule is CC(C)c1nn(C)c(NCC2CCN(C)C2)c1[N+](=O)[O-]. The summed E-state index contributed by atoms with van der Waals surface area (Å²) in [6, 6.07) is 0. The average Bonchev–Trinajstić information content (AvgIpc) is 2.90. The fraction of sp³-hybridized carbons (Fsp3) is 0.769. The number of nitrogens with one attached hydrogen (secondary N) is 1. The molecule has 7 heteroatoms. The van der Waals surface area contributed by atoms with Crippen molar-refractivity contribution >= 4 is 11.5 Å². The first-order valence-corrected chi connectivity index (χ1v) is 7.03. The zero-order valence-corrected chi connectivity index (χ0v) is 12.6. The summed E-state index contributed by atoms with van der Waals surface area (Å²) in [6.07, 6.45) is 1.13. The summed E-state index contributed by atoms with van der Waals surface area (Å²) in [7, 11) is 3.85. The first-order valence-electron chi connectivity index (χ1n) is 7.03. The fourth-order valence-electron chi connectivity index (χ4n) is 2.73. The highest BCUT2D eigenvalue weighted by molar-refractivity contribution is 5.60. The minimum atomic E-state index is -0.328. The monoisotopic (exact) mass is 281 g/mol. The van der Waals surface area contributed by atoms with Crippen LogP contribution in [0.4, 0.5) is 11.5 Å². The lowest BCUT2D eigenvalue weighted by molar-refractivity contribution is -0.384. The van der Waals surface area contributed by atoms with Gasteiger partial charge in [0.2, 0.25) is 5.82 Å². The topological polar surface area (TPSA) is 76.2 Å². The van der Waals surface area contributed by atoms with E-state index in [0.717, 1.165) is 26.1 Å². The number of hydrogen-bond acceptors (Lipinski definition) is 5. The Labute approximate surface area is 119 Å². The maximum atomic E-state index is 11.3. The van der Waals surface area contributed by atoms with Crippen LogP contribution in [0.1, 0.15) is 31.9 Å². The van der Waals surface area contributed by atoms with E-state index in [1.54, 1.807) is 11.7 Å². The minimum Gasteiger partial charge on any atom is -0.364 e. The molecule has 0 radical (unpaired) electrons. The second-order valence-corrected chi connectivity index (χ2v) is 5.92. The normalized spacial score (nSPS) is 19.8. The number of rotatable bonds is 5. The zero-order valence-electron chi connectivity index (χ0n) is 12.6. The van der Waals surface area contributed by atoms with Gasteiger partial charge in [0.05, 0.1) is 4.92 Å². The lowest BCUT2D eigenvalue weighted by Crippen LogP contribution is -2.20. The molecule has 1 fully saturated rings. The molecule has 0 spiro atoms. The number of hydrogen-bond donors (Lipinski definition) is 1. The van der Waals surface area contributed by atoms with E-state index in [-0.39, 0.29) is 16.5 Å². The Morgan fingerprint density at radius 2 is 2.20 bits per heavy atom. The van der Waals surface area contributed by atoms with Gasteiger partial charge in [0.15, 0.2) is 0 Å². The molecule has 1 unspecified atom stereocenters. The summed E-state index contributed by atoms with van der Waals surface area (Å²) in [5.41, 5.74) is 0.664. The van der Waals surface area contributed by atoms with Crippen molar-refractivity contribution < 1.29 is 4.92 Å². The Balaban J connectivity index is 2.16. The molecule has 2 rings (SSSR count). The van der Waals surface area contributed by atoms with E-state index in [2.05, 4.69) is 22.4 Å². The lowest BCUT2D eigenvalue weighted by Gasteiger charge is -2.12. The number of likely N-dealkylation sites (tertiary alicyclic amines) is 1. The Hall–Kier alpha value is -1.63. The molecule has 0 saturated carbocycles. The van der Waals surface area contributed by atoms with Gasteiger partial charge in [0.25, 0.3) is 0 Å². The number of aryl methyl sites for hydroxylation is 1. The van der Waals surface area contributed by atoms with Crippen LogP contribution in [0.5, 0.6) is 0 Å². The van der Waals surface area contributed by atoms with Gasteiger partial charge >= 0.3 is 5.69 Å². The lowest BCUT2D eigenvalue weighted by atomic mass is 10.1. The second-order valence-electron chi connectivity index (χ2n) is 5.92. The molecule has 1 N–H and O–H groups in total. The molecule has 1 aliphatic rings. The first-order chi connectivity index (χ1) is 9.40. The van der Waals surface area contributed by atoms with Crippen molar-refractivity contribution in [1.82, 2.24) is 14.7 Å². The van der Waals surface area contributed by atoms with Gasteiger partial charge in [-0.05, 0) is 25.9 Å². The van der Waals surface area contributed by atoms with E-state index >= 15 is 0 Å². The summed E-state index contributed by atoms with van der Waals surface area (Å²) >= 11 is 0. The molecular formula is C13H23N5O2. The van der Waals surface area contributed by atoms with Gasteiger partial charge < -0.3 is 10.2 Å². The molecular weight excluding hydrogens is 258 g/mol. The predicted octanol–water partition coefficient (Wildman–Crippen LogP) is 1.82. The third-order valence-corrected chi connectivity index (χ3v) is 3.82. The Kier molecular flexibility index (Phi) is 4.27. The van der Waals surface area contributed by atoms with Gasteiger partial charge in [-0.3, -0.25) is 10.1 Å². The maximum absolute atomic E-state index is 11.3. The largest absolute Gasteiger partial charge is 0.364 e. The molecule has 1 aromatic heterocycles. The molecule has 0 aromatic carbocycles. The van der Waals surface area contributed by atoms with Crippen molar-refractivity contribution in [2.75, 3.05) is 32.0 Å². The highest BCUT2D eigenvalue weighted by Crippen LogP contribution is 2.33. The van der Waals surface area contributed by atoms with Crippen LogP contribution >= 0.6 is 0 Å². The van der Waals surface area contributed by atoms with E-state index < -0.39 is 0 Å². The molecule has 7 nitrogen and oxygen atoms in total. The van der Waals surface area contributed by atoms with E-state index in [4.69, 9.17) is 0 Å². The molecule has 112 valence electrons. The summed E-state index contributed by atoms with van der Waals surface area (Å²) < 4.78 is 1.59. The first kappa shape index (κ1) is 14.8. The average molecular weight is 281 g/mol. The molecule has 0 amide bonds. The van der Waals surface area contributed by atoms with E-state index in [9.17, 15) is 10.1 Å². The highest BCUT2D eigenvalue weighted by Gasteiger charge is 2.29. The molecule has 20 heavy (non-hydrogen) atoms. The van der Waals surface area contributed by atoms with E-state index in [1.165, 1.54) is 0 Å². The van der Waals surface area contributed by atoms with Crippen LogP contribution in [-0.4, -0.2) is 46.3 Å². The predicted molar refractivity (Wildman–Crippen MR) is 78.0 cm³/mol. The van der Waals surface area contributed by atoms with Gasteiger partial charge in [-0.15, -0.1) is 0 Å². The van der Waals surface area contributed by atoms with Gasteiger partial charge in [-0.25, -0.2) is 4.68 Å². The summed E-state index contributed by atoms with van der Waals surface area (Å²) in [5.74, 6) is 1.10. The molecule has 1 saturated heterocycles. The molecule has 2 heterocycles. The van der Waals surface area contributed by atoms with Crippen LogP contribution in [0.3, 0.4) is 0 Å². The van der Waals surface area contributed by atoms with Crippen molar-refractivity contribution in [2.24, 2.45) is 13.0 Å². The molecule has 0 bridgehead atoms. The molecule has 1 atom stereocenters. The van der Waals surface area contributed by atoms with Crippen molar-refractivity contribution in [3.63, 3.8) is 0 Å². The number of aromatic nitrogens is 2. The van der Waals surface area contributed by atoms with Gasteiger partial charge in [0.1, 0.15) is 5.69 Å². The van der Waals surface area contributed by atoms with Crippen molar-refractivity contribution in [3.8, 4) is 0 Å². The van der Waals surface area contributed by atoms with Gasteiger partial charge in [-0.1, -0.05) is 13.8 Å². The summed E-state index contributed by atoms with van der Waals surface area (Å²) in [5, 5.41) is 18.8. The van der Waals surface area contributed by atoms with Crippen LogP contribution in [-0.2, 0) is 7.05 Å². The summed E-state index contributed by atoms with van der Waals surface area (Å²) in [6.45, 7) is 6.73. The van der Waals surface area contributed by atoms with Crippen LogP contribution < -0.4 is 5.32 Å². The van der Waals surface area contributed by atoms with Gasteiger partial charge in [0, 0.05) is 26.1 Å². The second kappa shape index (κ2) is 5.78. The standard InChI is InChI=1S/C13H23N5O2/c1-9(2)11-12(18(19)20)13(17(4)15-11)14-7-10-5-6-16(3)8-10/h9-10,14H,5-8H2,1-4H3. The Morgan fingerprint density at radius 1 is 1.50 bits per heavy atom. The third-order valence-electron chi connectivity index (χ3n) is 3.82. The number of nitro groups is 1. The maximum Gasteiger partial charge on any atom is 0.334 e. The van der Waals surface area contributed by atoms with Gasteiger partial charge in [-0.2, -0.15) is 5.10 Å². The third kappa shape index (κ3) is 2.92. The smallest absolute Gasteiger partial charge is 0.334 e. The molecule has 0 aliphatic carbocycles.